The number of nitrogens with two attached hydrogens (primary N) is 1. The van der Waals surface area contributed by atoms with Crippen molar-refractivity contribution >= 4 is 5.91 Å². The van der Waals surface area contributed by atoms with E-state index in [0.29, 0.717) is 12.6 Å². The first-order chi connectivity index (χ1) is 7.06. The van der Waals surface area contributed by atoms with Gasteiger partial charge in [0.05, 0.1) is 6.04 Å². The molecule has 0 rings (SSSR count). The van der Waals surface area contributed by atoms with Gasteiger partial charge in [-0.1, -0.05) is 13.8 Å². The van der Waals surface area contributed by atoms with Gasteiger partial charge < -0.3 is 11.1 Å². The highest BCUT2D eigenvalue weighted by Crippen LogP contribution is 2.00. The fraction of sp³-hybridized carbons (Fsp3) is 0.909. The summed E-state index contributed by atoms with van der Waals surface area (Å²) in [7, 11) is 1.92. The van der Waals surface area contributed by atoms with E-state index < -0.39 is 0 Å². The normalized spacial score (nSPS) is 13.3. The molecule has 0 aliphatic rings. The minimum Gasteiger partial charge on any atom is -0.352 e. The van der Waals surface area contributed by atoms with Crippen molar-refractivity contribution in [3.63, 3.8) is 0 Å². The number of hydrogen-bond acceptors (Lipinski definition) is 3. The van der Waals surface area contributed by atoms with Crippen molar-refractivity contribution in [2.75, 3.05) is 20.1 Å². The van der Waals surface area contributed by atoms with E-state index in [4.69, 9.17) is 5.73 Å². The van der Waals surface area contributed by atoms with Crippen LogP contribution in [-0.4, -0.2) is 43.0 Å². The summed E-state index contributed by atoms with van der Waals surface area (Å²) in [6.07, 6.45) is 1.96. The van der Waals surface area contributed by atoms with E-state index in [1.807, 2.05) is 18.9 Å². The predicted molar refractivity (Wildman–Crippen MR) is 63.7 cm³/mol. The van der Waals surface area contributed by atoms with E-state index in [1.54, 1.807) is 0 Å². The summed E-state index contributed by atoms with van der Waals surface area (Å²) in [4.78, 5) is 13.8. The first-order valence-corrected chi connectivity index (χ1v) is 5.77. The lowest BCUT2D eigenvalue weighted by atomic mass is 10.1. The summed E-state index contributed by atoms with van der Waals surface area (Å²) >= 11 is 0. The molecular formula is C11H25N3O. The van der Waals surface area contributed by atoms with E-state index in [1.165, 1.54) is 0 Å². The van der Waals surface area contributed by atoms with Crippen LogP contribution in [0.25, 0.3) is 0 Å². The molecule has 0 aromatic rings. The Balaban J connectivity index is 4.07. The van der Waals surface area contributed by atoms with Crippen LogP contribution in [0.3, 0.4) is 0 Å². The number of likely N-dealkylation sites (N-methyl/N-ethyl adjacent to an activating group) is 1. The minimum atomic E-state index is -0.103. The zero-order chi connectivity index (χ0) is 11.8. The van der Waals surface area contributed by atoms with Crippen LogP contribution < -0.4 is 11.1 Å². The molecule has 0 spiro atoms. The van der Waals surface area contributed by atoms with Crippen LogP contribution in [0.1, 0.15) is 33.6 Å². The molecule has 90 valence electrons. The van der Waals surface area contributed by atoms with E-state index in [9.17, 15) is 4.79 Å². The highest BCUT2D eigenvalue weighted by atomic mass is 16.2. The van der Waals surface area contributed by atoms with Gasteiger partial charge >= 0.3 is 0 Å². The second-order valence-corrected chi connectivity index (χ2v) is 3.97. The summed E-state index contributed by atoms with van der Waals surface area (Å²) in [5.41, 5.74) is 5.45. The molecule has 4 heteroatoms. The summed E-state index contributed by atoms with van der Waals surface area (Å²) in [6, 6.07) is 0.195. The molecule has 0 aliphatic heterocycles. The third-order valence-electron chi connectivity index (χ3n) is 2.85. The molecule has 0 radical (unpaired) electrons. The van der Waals surface area contributed by atoms with Gasteiger partial charge in [-0.25, -0.2) is 0 Å². The van der Waals surface area contributed by atoms with E-state index >= 15 is 0 Å². The Morgan fingerprint density at radius 1 is 1.40 bits per heavy atom. The summed E-state index contributed by atoms with van der Waals surface area (Å²) in [5, 5.41) is 3.03. The molecule has 1 unspecified atom stereocenters. The van der Waals surface area contributed by atoms with Crippen LogP contribution in [0.15, 0.2) is 0 Å². The third-order valence-corrected chi connectivity index (χ3v) is 2.85. The molecule has 0 fully saturated rings. The zero-order valence-corrected chi connectivity index (χ0v) is 10.4. The molecule has 0 aliphatic carbocycles. The van der Waals surface area contributed by atoms with Gasteiger partial charge in [0, 0.05) is 19.1 Å². The summed E-state index contributed by atoms with van der Waals surface area (Å²) in [5.74, 6) is 0.0969. The maximum atomic E-state index is 11.8. The number of carbonyl (C=O) groups excluding carboxylic acids is 1. The van der Waals surface area contributed by atoms with Crippen LogP contribution >= 0.6 is 0 Å². The molecule has 0 aromatic heterocycles. The van der Waals surface area contributed by atoms with Gasteiger partial charge in [-0.3, -0.25) is 9.69 Å². The SMILES string of the molecule is CCC(CC)NC(=O)C(C)N(C)CCN. The highest BCUT2D eigenvalue weighted by molar-refractivity contribution is 5.81. The lowest BCUT2D eigenvalue weighted by Gasteiger charge is -2.25. The molecule has 3 N–H and O–H groups in total. The van der Waals surface area contributed by atoms with Gasteiger partial charge in [0.15, 0.2) is 0 Å². The number of nitrogens with zero attached hydrogens (tertiary/aromatic N) is 1. The Labute approximate surface area is 93.2 Å². The van der Waals surface area contributed by atoms with E-state index in [2.05, 4.69) is 19.2 Å². The van der Waals surface area contributed by atoms with Gasteiger partial charge in [-0.2, -0.15) is 0 Å². The number of hydrogen-bond donors (Lipinski definition) is 2. The summed E-state index contributed by atoms with van der Waals surface area (Å²) in [6.45, 7) is 7.41. The van der Waals surface area contributed by atoms with Gasteiger partial charge in [0.1, 0.15) is 0 Å². The van der Waals surface area contributed by atoms with Crippen molar-refractivity contribution in [3.8, 4) is 0 Å². The standard InChI is InChI=1S/C11H25N3O/c1-5-10(6-2)13-11(15)9(3)14(4)8-7-12/h9-10H,5-8,12H2,1-4H3,(H,13,15). The van der Waals surface area contributed by atoms with E-state index in [0.717, 1.165) is 19.4 Å². The molecule has 15 heavy (non-hydrogen) atoms. The molecule has 0 heterocycles. The Morgan fingerprint density at radius 3 is 2.33 bits per heavy atom. The Hall–Kier alpha value is -0.610. The lowest BCUT2D eigenvalue weighted by molar-refractivity contribution is -0.126. The minimum absolute atomic E-state index is 0.0969. The van der Waals surface area contributed by atoms with Crippen molar-refractivity contribution in [2.45, 2.75) is 45.7 Å². The smallest absolute Gasteiger partial charge is 0.237 e. The maximum Gasteiger partial charge on any atom is 0.237 e. The largest absolute Gasteiger partial charge is 0.352 e. The van der Waals surface area contributed by atoms with Crippen LogP contribution in [0.2, 0.25) is 0 Å². The van der Waals surface area contributed by atoms with Crippen molar-refractivity contribution in [1.82, 2.24) is 10.2 Å². The number of amides is 1. The van der Waals surface area contributed by atoms with Gasteiger partial charge in [-0.15, -0.1) is 0 Å². The average molecular weight is 215 g/mol. The molecule has 1 atom stereocenters. The average Bonchev–Trinajstić information content (AvgIpc) is 2.24. The third kappa shape index (κ3) is 5.14. The van der Waals surface area contributed by atoms with Crippen molar-refractivity contribution in [1.29, 1.82) is 0 Å². The fourth-order valence-electron chi connectivity index (χ4n) is 1.41. The van der Waals surface area contributed by atoms with E-state index in [-0.39, 0.29) is 11.9 Å². The number of carbonyl (C=O) groups is 1. The van der Waals surface area contributed by atoms with Crippen molar-refractivity contribution < 1.29 is 4.79 Å². The Morgan fingerprint density at radius 2 is 1.93 bits per heavy atom. The quantitative estimate of drug-likeness (QED) is 0.653. The summed E-state index contributed by atoms with van der Waals surface area (Å²) < 4.78 is 0. The monoisotopic (exact) mass is 215 g/mol. The highest BCUT2D eigenvalue weighted by Gasteiger charge is 2.18. The van der Waals surface area contributed by atoms with Crippen LogP contribution in [0.4, 0.5) is 0 Å². The molecule has 0 bridgehead atoms. The predicted octanol–water partition coefficient (Wildman–Crippen LogP) is 0.570. The van der Waals surface area contributed by atoms with Crippen LogP contribution in [0, 0.1) is 0 Å². The zero-order valence-electron chi connectivity index (χ0n) is 10.4. The second-order valence-electron chi connectivity index (χ2n) is 3.97. The van der Waals surface area contributed by atoms with Gasteiger partial charge in [-0.05, 0) is 26.8 Å². The molecular weight excluding hydrogens is 190 g/mol. The molecule has 1 amide bonds. The van der Waals surface area contributed by atoms with Crippen molar-refractivity contribution in [2.24, 2.45) is 5.73 Å². The van der Waals surface area contributed by atoms with Crippen LogP contribution in [0.5, 0.6) is 0 Å². The first-order valence-electron chi connectivity index (χ1n) is 5.77. The first kappa shape index (κ1) is 14.4. The van der Waals surface area contributed by atoms with Gasteiger partial charge in [0.25, 0.3) is 0 Å². The molecule has 0 saturated carbocycles. The van der Waals surface area contributed by atoms with Gasteiger partial charge in [0.2, 0.25) is 5.91 Å². The maximum absolute atomic E-state index is 11.8. The number of nitrogens with one attached hydrogen (secondary N) is 1. The lowest BCUT2D eigenvalue weighted by Crippen LogP contribution is -2.47. The molecule has 4 nitrogen and oxygen atoms in total. The molecule has 0 aromatic carbocycles. The fourth-order valence-corrected chi connectivity index (χ4v) is 1.41. The Kier molecular flexibility index (Phi) is 7.34. The van der Waals surface area contributed by atoms with Crippen LogP contribution in [-0.2, 0) is 4.79 Å². The second kappa shape index (κ2) is 7.65. The number of rotatable bonds is 7. The van der Waals surface area contributed by atoms with Crippen molar-refractivity contribution in [3.05, 3.63) is 0 Å². The Bertz CT molecular complexity index is 181. The topological polar surface area (TPSA) is 58.4 Å². The molecule has 0 saturated heterocycles.